The maximum Gasteiger partial charge on any atom is 0.289 e. The summed E-state index contributed by atoms with van der Waals surface area (Å²) in [5.41, 5.74) is 0.787. The second-order valence-corrected chi connectivity index (χ2v) is 5.43. The van der Waals surface area contributed by atoms with Gasteiger partial charge in [0.15, 0.2) is 11.5 Å². The van der Waals surface area contributed by atoms with Crippen LogP contribution in [0, 0.1) is 0 Å². The second-order valence-electron chi connectivity index (χ2n) is 5.43. The number of amides is 1. The van der Waals surface area contributed by atoms with Crippen molar-refractivity contribution in [3.63, 3.8) is 0 Å². The zero-order valence-corrected chi connectivity index (χ0v) is 12.7. The molecule has 0 bridgehead atoms. The lowest BCUT2D eigenvalue weighted by Gasteiger charge is -2.15. The first-order valence-electron chi connectivity index (χ1n) is 7.29. The Labute approximate surface area is 136 Å². The number of aromatic nitrogens is 2. The number of ether oxygens (including phenoxy) is 1. The number of carbonyl (C=O) groups is 1. The fraction of sp³-hybridized carbons (Fsp3) is 0.118. The zero-order valence-electron chi connectivity index (χ0n) is 12.7. The quantitative estimate of drug-likeness (QED) is 0.743. The number of nitrogens with one attached hydrogen (secondary N) is 1. The highest BCUT2D eigenvalue weighted by Gasteiger charge is 2.33. The molecule has 0 fully saturated rings. The minimum Gasteiger partial charge on any atom is -0.504 e. The van der Waals surface area contributed by atoms with Crippen LogP contribution < -0.4 is 15.6 Å². The molecule has 0 saturated carbocycles. The molecule has 120 valence electrons. The first kappa shape index (κ1) is 14.3. The highest BCUT2D eigenvalue weighted by Crippen LogP contribution is 2.31. The number of nitrogens with zero attached hydrogens (tertiary/aromatic N) is 2. The number of fused-ring (bicyclic) bond motifs is 2. The molecular formula is C17H13N3O4. The van der Waals surface area contributed by atoms with Crippen LogP contribution in [0.5, 0.6) is 11.5 Å². The van der Waals surface area contributed by atoms with Gasteiger partial charge in [0.1, 0.15) is 6.17 Å². The highest BCUT2D eigenvalue weighted by atomic mass is 16.5. The number of rotatable bonds is 2. The molecule has 1 aromatic heterocycles. The van der Waals surface area contributed by atoms with Gasteiger partial charge in [-0.3, -0.25) is 14.2 Å². The van der Waals surface area contributed by atoms with E-state index < -0.39 is 12.1 Å². The first-order valence-corrected chi connectivity index (χ1v) is 7.29. The lowest BCUT2D eigenvalue weighted by atomic mass is 10.1. The standard InChI is InChI=1S/C17H13N3O4/c1-24-13-8-9(6-7-12(13)21)14-19-16(22)15-18-11-5-3-2-4-10(11)17(23)20(14)15/h2-8,14,21H,1H3,(H,19,22)/t14-/m1/s1. The van der Waals surface area contributed by atoms with Gasteiger partial charge in [-0.05, 0) is 29.8 Å². The van der Waals surface area contributed by atoms with Crippen molar-refractivity contribution in [3.05, 3.63) is 64.2 Å². The van der Waals surface area contributed by atoms with Crippen LogP contribution in [0.15, 0.2) is 47.3 Å². The largest absolute Gasteiger partial charge is 0.504 e. The van der Waals surface area contributed by atoms with Crippen LogP contribution in [0.3, 0.4) is 0 Å². The highest BCUT2D eigenvalue weighted by molar-refractivity contribution is 5.95. The number of hydrogen-bond donors (Lipinski definition) is 2. The molecule has 24 heavy (non-hydrogen) atoms. The van der Waals surface area contributed by atoms with Crippen molar-refractivity contribution in [2.24, 2.45) is 0 Å². The Balaban J connectivity index is 1.96. The summed E-state index contributed by atoms with van der Waals surface area (Å²) >= 11 is 0. The maximum absolute atomic E-state index is 12.8. The fourth-order valence-electron chi connectivity index (χ4n) is 2.90. The van der Waals surface area contributed by atoms with Crippen LogP contribution in [0.1, 0.15) is 22.3 Å². The van der Waals surface area contributed by atoms with Gasteiger partial charge in [0.25, 0.3) is 11.5 Å². The van der Waals surface area contributed by atoms with Gasteiger partial charge in [0, 0.05) is 0 Å². The van der Waals surface area contributed by atoms with E-state index in [2.05, 4.69) is 10.3 Å². The number of hydrogen-bond acceptors (Lipinski definition) is 5. The molecule has 4 rings (SSSR count). The monoisotopic (exact) mass is 323 g/mol. The number of methoxy groups -OCH3 is 1. The third kappa shape index (κ3) is 1.95. The summed E-state index contributed by atoms with van der Waals surface area (Å²) in [6.07, 6.45) is -0.702. The van der Waals surface area contributed by atoms with Crippen molar-refractivity contribution in [1.29, 1.82) is 0 Å². The summed E-state index contributed by atoms with van der Waals surface area (Å²) in [5.74, 6) is -0.114. The Hall–Kier alpha value is -3.35. The number of benzene rings is 2. The van der Waals surface area contributed by atoms with E-state index in [4.69, 9.17) is 4.74 Å². The van der Waals surface area contributed by atoms with E-state index in [0.717, 1.165) is 0 Å². The van der Waals surface area contributed by atoms with Crippen molar-refractivity contribution >= 4 is 16.8 Å². The number of phenolic OH excluding ortho intramolecular Hbond substituents is 1. The van der Waals surface area contributed by atoms with Crippen molar-refractivity contribution in [2.45, 2.75) is 6.17 Å². The van der Waals surface area contributed by atoms with E-state index in [0.29, 0.717) is 16.5 Å². The van der Waals surface area contributed by atoms with Gasteiger partial charge < -0.3 is 15.2 Å². The minimum atomic E-state index is -0.702. The molecule has 0 saturated heterocycles. The molecule has 1 atom stereocenters. The Bertz CT molecular complexity index is 1040. The summed E-state index contributed by atoms with van der Waals surface area (Å²) in [5, 5.41) is 12.9. The molecule has 7 heteroatoms. The van der Waals surface area contributed by atoms with Gasteiger partial charge in [-0.15, -0.1) is 0 Å². The van der Waals surface area contributed by atoms with E-state index in [1.54, 1.807) is 36.4 Å². The average molecular weight is 323 g/mol. The molecule has 1 aliphatic rings. The van der Waals surface area contributed by atoms with E-state index in [-0.39, 0.29) is 22.9 Å². The predicted molar refractivity (Wildman–Crippen MR) is 86.3 cm³/mol. The van der Waals surface area contributed by atoms with E-state index in [1.807, 2.05) is 0 Å². The molecule has 2 heterocycles. The smallest absolute Gasteiger partial charge is 0.289 e. The van der Waals surface area contributed by atoms with Crippen LogP contribution in [-0.4, -0.2) is 27.7 Å². The van der Waals surface area contributed by atoms with Crippen molar-refractivity contribution in [1.82, 2.24) is 14.9 Å². The molecule has 0 unspecified atom stereocenters. The molecular weight excluding hydrogens is 310 g/mol. The van der Waals surface area contributed by atoms with Gasteiger partial charge in [-0.2, -0.15) is 0 Å². The topological polar surface area (TPSA) is 93.5 Å². The van der Waals surface area contributed by atoms with Gasteiger partial charge in [-0.25, -0.2) is 4.98 Å². The number of para-hydroxylation sites is 1. The van der Waals surface area contributed by atoms with Gasteiger partial charge in [0.2, 0.25) is 5.82 Å². The normalized spacial score (nSPS) is 16.0. The number of carbonyl (C=O) groups excluding carboxylic acids is 1. The van der Waals surface area contributed by atoms with Crippen molar-refractivity contribution in [2.75, 3.05) is 7.11 Å². The number of phenols is 1. The molecule has 7 nitrogen and oxygen atoms in total. The number of aromatic hydroxyl groups is 1. The average Bonchev–Trinajstić information content (AvgIpc) is 2.93. The Morgan fingerprint density at radius 3 is 2.79 bits per heavy atom. The van der Waals surface area contributed by atoms with Gasteiger partial charge >= 0.3 is 0 Å². The summed E-state index contributed by atoms with van der Waals surface area (Å²) in [6.45, 7) is 0. The second kappa shape index (κ2) is 5.09. The zero-order chi connectivity index (χ0) is 16.8. The van der Waals surface area contributed by atoms with Crippen LogP contribution in [-0.2, 0) is 0 Å². The first-order chi connectivity index (χ1) is 11.6. The van der Waals surface area contributed by atoms with Crippen LogP contribution in [0.2, 0.25) is 0 Å². The summed E-state index contributed by atoms with van der Waals surface area (Å²) in [4.78, 5) is 29.4. The maximum atomic E-state index is 12.8. The Morgan fingerprint density at radius 2 is 2.00 bits per heavy atom. The van der Waals surface area contributed by atoms with E-state index >= 15 is 0 Å². The summed E-state index contributed by atoms with van der Waals surface area (Å²) < 4.78 is 6.42. The van der Waals surface area contributed by atoms with Gasteiger partial charge in [-0.1, -0.05) is 18.2 Å². The summed E-state index contributed by atoms with van der Waals surface area (Å²) in [6, 6.07) is 11.5. The molecule has 1 amide bonds. The van der Waals surface area contributed by atoms with Crippen LogP contribution in [0.4, 0.5) is 0 Å². The molecule has 3 aromatic rings. The predicted octanol–water partition coefficient (Wildman–Crippen LogP) is 1.40. The lowest BCUT2D eigenvalue weighted by molar-refractivity contribution is 0.0956. The lowest BCUT2D eigenvalue weighted by Crippen LogP contribution is -2.28. The SMILES string of the molecule is COc1cc([C@@H]2NC(=O)c3nc4ccccc4c(=O)n32)ccc1O. The molecule has 0 radical (unpaired) electrons. The van der Waals surface area contributed by atoms with E-state index in [9.17, 15) is 14.7 Å². The fourth-order valence-corrected chi connectivity index (χ4v) is 2.90. The molecule has 0 spiro atoms. The van der Waals surface area contributed by atoms with Crippen molar-refractivity contribution in [3.8, 4) is 11.5 Å². The summed E-state index contributed by atoms with van der Waals surface area (Å²) in [7, 11) is 1.43. The Morgan fingerprint density at radius 1 is 1.21 bits per heavy atom. The van der Waals surface area contributed by atoms with Crippen LogP contribution in [0.25, 0.3) is 10.9 Å². The van der Waals surface area contributed by atoms with E-state index in [1.165, 1.54) is 17.7 Å². The molecule has 2 N–H and O–H groups in total. The minimum absolute atomic E-state index is 0.0187. The van der Waals surface area contributed by atoms with Gasteiger partial charge in [0.05, 0.1) is 18.0 Å². The van der Waals surface area contributed by atoms with Crippen LogP contribution >= 0.6 is 0 Å². The third-order valence-electron chi connectivity index (χ3n) is 4.06. The molecule has 1 aliphatic heterocycles. The molecule has 2 aromatic carbocycles. The molecule has 0 aliphatic carbocycles. The Kier molecular flexibility index (Phi) is 3.02. The van der Waals surface area contributed by atoms with Crippen molar-refractivity contribution < 1.29 is 14.6 Å². The third-order valence-corrected chi connectivity index (χ3v) is 4.06.